The molecule has 0 amide bonds. The maximum absolute atomic E-state index is 9.39. The number of fused-ring (bicyclic) bond motifs is 3. The summed E-state index contributed by atoms with van der Waals surface area (Å²) in [6.45, 7) is 7.89. The van der Waals surface area contributed by atoms with Crippen LogP contribution in [-0.2, 0) is 0 Å². The Kier molecular flexibility index (Phi) is 3.32. The van der Waals surface area contributed by atoms with E-state index in [-0.39, 0.29) is 6.61 Å². The van der Waals surface area contributed by atoms with Crippen molar-refractivity contribution in [3.05, 3.63) is 11.6 Å². The average molecular weight is 262 g/mol. The van der Waals surface area contributed by atoms with Crippen molar-refractivity contribution in [2.24, 2.45) is 28.6 Å². The van der Waals surface area contributed by atoms with Crippen molar-refractivity contribution in [1.29, 1.82) is 0 Å². The van der Waals surface area contributed by atoms with Crippen LogP contribution in [0.15, 0.2) is 11.6 Å². The molecule has 3 rings (SSSR count). The number of aliphatic hydroxyl groups is 1. The number of hydrogen-bond acceptors (Lipinski definition) is 1. The van der Waals surface area contributed by atoms with E-state index >= 15 is 0 Å². The first-order valence-electron chi connectivity index (χ1n) is 8.28. The number of aliphatic hydroxyl groups excluding tert-OH is 1. The third-order valence-corrected chi connectivity index (χ3v) is 6.86. The molecule has 108 valence electrons. The molecule has 0 radical (unpaired) electrons. The average Bonchev–Trinajstić information content (AvgIpc) is 2.37. The summed E-state index contributed by atoms with van der Waals surface area (Å²) in [5, 5.41) is 9.39. The molecule has 4 atom stereocenters. The minimum atomic E-state index is 0.287. The first-order chi connectivity index (χ1) is 8.97. The minimum Gasteiger partial charge on any atom is -0.392 e. The molecule has 3 aliphatic carbocycles. The Balaban J connectivity index is 1.90. The first-order valence-corrected chi connectivity index (χ1v) is 8.28. The number of allylic oxidation sites excluding steroid dienone is 1. The molecule has 2 saturated carbocycles. The molecule has 0 aromatic rings. The maximum Gasteiger partial charge on any atom is 0.0641 e. The van der Waals surface area contributed by atoms with Crippen molar-refractivity contribution < 1.29 is 5.11 Å². The summed E-state index contributed by atoms with van der Waals surface area (Å²) in [5.41, 5.74) is 2.40. The van der Waals surface area contributed by atoms with Crippen molar-refractivity contribution in [3.8, 4) is 0 Å². The van der Waals surface area contributed by atoms with Crippen molar-refractivity contribution in [1.82, 2.24) is 0 Å². The van der Waals surface area contributed by atoms with Crippen LogP contribution < -0.4 is 0 Å². The lowest BCUT2D eigenvalue weighted by molar-refractivity contribution is -0.0928. The van der Waals surface area contributed by atoms with Crippen molar-refractivity contribution in [3.63, 3.8) is 0 Å². The first kappa shape index (κ1) is 13.7. The van der Waals surface area contributed by atoms with Crippen LogP contribution in [-0.4, -0.2) is 11.7 Å². The molecule has 0 bridgehead atoms. The topological polar surface area (TPSA) is 20.2 Å². The van der Waals surface area contributed by atoms with Crippen LogP contribution in [0, 0.1) is 28.6 Å². The summed E-state index contributed by atoms with van der Waals surface area (Å²) >= 11 is 0. The fourth-order valence-corrected chi connectivity index (χ4v) is 5.98. The van der Waals surface area contributed by atoms with E-state index in [2.05, 4.69) is 26.8 Å². The molecule has 1 nitrogen and oxygen atoms in total. The highest BCUT2D eigenvalue weighted by atomic mass is 16.3. The lowest BCUT2D eigenvalue weighted by atomic mass is 9.45. The Morgan fingerprint density at radius 2 is 1.95 bits per heavy atom. The standard InChI is InChI=1S/C18H30O/c1-17(2)9-4-10-18(3)15-7-5-13(12-19)11-14(15)6-8-16(17)18/h11,14-16,19H,4-10,12H2,1-3H3/t14-,15-,16-,18+/m1/s1. The summed E-state index contributed by atoms with van der Waals surface area (Å²) in [5.74, 6) is 2.55. The second-order valence-corrected chi connectivity index (χ2v) is 8.27. The second-order valence-electron chi connectivity index (χ2n) is 8.27. The second kappa shape index (κ2) is 4.62. The molecule has 3 aliphatic rings. The fourth-order valence-electron chi connectivity index (χ4n) is 5.98. The molecule has 0 aliphatic heterocycles. The van der Waals surface area contributed by atoms with Gasteiger partial charge >= 0.3 is 0 Å². The van der Waals surface area contributed by atoms with Crippen LogP contribution in [0.25, 0.3) is 0 Å². The van der Waals surface area contributed by atoms with E-state index < -0.39 is 0 Å². The highest BCUT2D eigenvalue weighted by Crippen LogP contribution is 2.63. The molecular formula is C18H30O. The van der Waals surface area contributed by atoms with Gasteiger partial charge in [-0.2, -0.15) is 0 Å². The third-order valence-electron chi connectivity index (χ3n) is 6.86. The molecule has 0 spiro atoms. The van der Waals surface area contributed by atoms with Gasteiger partial charge in [0.25, 0.3) is 0 Å². The summed E-state index contributed by atoms with van der Waals surface area (Å²) < 4.78 is 0. The highest BCUT2D eigenvalue weighted by molar-refractivity contribution is 5.16. The van der Waals surface area contributed by atoms with E-state index in [1.165, 1.54) is 44.1 Å². The van der Waals surface area contributed by atoms with Gasteiger partial charge in [0.15, 0.2) is 0 Å². The molecule has 0 heterocycles. The SMILES string of the molecule is CC1(C)CCC[C@@]2(C)[C@@H]3CCC(CO)=C[C@H]3CC[C@H]12. The van der Waals surface area contributed by atoms with Crippen molar-refractivity contribution >= 4 is 0 Å². The van der Waals surface area contributed by atoms with E-state index in [0.717, 1.165) is 24.2 Å². The van der Waals surface area contributed by atoms with Gasteiger partial charge in [0.1, 0.15) is 0 Å². The van der Waals surface area contributed by atoms with Gasteiger partial charge in [-0.05, 0) is 72.7 Å². The van der Waals surface area contributed by atoms with Crippen LogP contribution in [0.4, 0.5) is 0 Å². The molecular weight excluding hydrogens is 232 g/mol. The summed E-state index contributed by atoms with van der Waals surface area (Å²) in [6.07, 6.45) is 11.9. The predicted molar refractivity (Wildman–Crippen MR) is 79.8 cm³/mol. The van der Waals surface area contributed by atoms with Gasteiger partial charge in [0.2, 0.25) is 0 Å². The molecule has 2 fully saturated rings. The van der Waals surface area contributed by atoms with Gasteiger partial charge in [-0.3, -0.25) is 0 Å². The zero-order valence-corrected chi connectivity index (χ0v) is 12.9. The van der Waals surface area contributed by atoms with Gasteiger partial charge < -0.3 is 5.11 Å². The van der Waals surface area contributed by atoms with Crippen LogP contribution in [0.5, 0.6) is 0 Å². The predicted octanol–water partition coefficient (Wildman–Crippen LogP) is 4.56. The van der Waals surface area contributed by atoms with Crippen LogP contribution >= 0.6 is 0 Å². The monoisotopic (exact) mass is 262 g/mol. The fraction of sp³-hybridized carbons (Fsp3) is 0.889. The summed E-state index contributed by atoms with van der Waals surface area (Å²) in [6, 6.07) is 0. The Labute approximate surface area is 118 Å². The zero-order chi connectivity index (χ0) is 13.7. The maximum atomic E-state index is 9.39. The van der Waals surface area contributed by atoms with Crippen molar-refractivity contribution in [2.45, 2.75) is 65.7 Å². The Morgan fingerprint density at radius 3 is 2.68 bits per heavy atom. The van der Waals surface area contributed by atoms with Gasteiger partial charge in [-0.25, -0.2) is 0 Å². The Hall–Kier alpha value is -0.300. The molecule has 0 aromatic heterocycles. The van der Waals surface area contributed by atoms with Crippen LogP contribution in [0.3, 0.4) is 0 Å². The number of hydrogen-bond donors (Lipinski definition) is 1. The quantitative estimate of drug-likeness (QED) is 0.687. The third kappa shape index (κ3) is 2.09. The summed E-state index contributed by atoms with van der Waals surface area (Å²) in [4.78, 5) is 0. The van der Waals surface area contributed by atoms with E-state index in [4.69, 9.17) is 0 Å². The van der Waals surface area contributed by atoms with Gasteiger partial charge in [0.05, 0.1) is 6.61 Å². The van der Waals surface area contributed by atoms with E-state index in [9.17, 15) is 5.11 Å². The minimum absolute atomic E-state index is 0.287. The number of rotatable bonds is 1. The van der Waals surface area contributed by atoms with Gasteiger partial charge in [-0.1, -0.05) is 33.3 Å². The zero-order valence-electron chi connectivity index (χ0n) is 12.9. The lowest BCUT2D eigenvalue weighted by Gasteiger charge is -2.60. The molecule has 1 N–H and O–H groups in total. The molecule has 0 saturated heterocycles. The normalized spacial score (nSPS) is 45.1. The van der Waals surface area contributed by atoms with E-state index in [1.807, 2.05) is 0 Å². The largest absolute Gasteiger partial charge is 0.392 e. The van der Waals surface area contributed by atoms with E-state index in [0.29, 0.717) is 10.8 Å². The Bertz CT molecular complexity index is 381. The molecule has 0 unspecified atom stereocenters. The van der Waals surface area contributed by atoms with Crippen LogP contribution in [0.2, 0.25) is 0 Å². The molecule has 1 heteroatoms. The highest BCUT2D eigenvalue weighted by Gasteiger charge is 2.54. The van der Waals surface area contributed by atoms with Crippen molar-refractivity contribution in [2.75, 3.05) is 6.61 Å². The van der Waals surface area contributed by atoms with E-state index in [1.54, 1.807) is 0 Å². The molecule has 19 heavy (non-hydrogen) atoms. The van der Waals surface area contributed by atoms with Crippen LogP contribution in [0.1, 0.15) is 65.7 Å². The van der Waals surface area contributed by atoms with Gasteiger partial charge in [0, 0.05) is 0 Å². The molecule has 0 aromatic carbocycles. The van der Waals surface area contributed by atoms with Gasteiger partial charge in [-0.15, -0.1) is 0 Å². The summed E-state index contributed by atoms with van der Waals surface area (Å²) in [7, 11) is 0. The lowest BCUT2D eigenvalue weighted by Crippen LogP contribution is -2.51. The Morgan fingerprint density at radius 1 is 1.16 bits per heavy atom. The smallest absolute Gasteiger partial charge is 0.0641 e.